The first kappa shape index (κ1) is 28.1. The largest absolute Gasteiger partial charge is 0.748 e. The fourth-order valence-electron chi connectivity index (χ4n) is 3.41. The maximum atomic E-state index is 11.8. The lowest BCUT2D eigenvalue weighted by atomic mass is 9.70. The molecule has 0 aromatic carbocycles. The molecule has 0 amide bonds. The van der Waals surface area contributed by atoms with E-state index in [1.165, 1.54) is 0 Å². The van der Waals surface area contributed by atoms with Gasteiger partial charge in [0.05, 0.1) is 15.9 Å². The molecule has 0 spiro atoms. The van der Waals surface area contributed by atoms with Crippen LogP contribution in [0, 0.1) is 16.7 Å². The molecular weight excluding hydrogens is 370 g/mol. The van der Waals surface area contributed by atoms with Crippen LogP contribution in [0.15, 0.2) is 0 Å². The number of ketones is 1. The SMILES string of the molecule is CC1(C)C2CCC1(CS(=O)(=O)[O-])C(=O)C2.O=S(=O)([O-])O[O-].[NH4+].[NH4+].[NH4+]. The summed E-state index contributed by atoms with van der Waals surface area (Å²) in [6.07, 6.45) is 1.88. The molecule has 2 saturated carbocycles. The Labute approximate surface area is 141 Å². The van der Waals surface area contributed by atoms with Crippen molar-refractivity contribution in [3.05, 3.63) is 0 Å². The Hall–Kier alpha value is -0.710. The molecule has 0 saturated heterocycles. The monoisotopic (exact) mass is 397 g/mol. The van der Waals surface area contributed by atoms with Crippen molar-refractivity contribution >= 4 is 26.3 Å². The number of quaternary nitrogens is 3. The maximum Gasteiger partial charge on any atom is 0.208 e. The second kappa shape index (κ2) is 8.59. The molecule has 2 rings (SSSR count). The number of carbonyl (C=O) groups is 1. The summed E-state index contributed by atoms with van der Waals surface area (Å²) in [4.78, 5) is 11.8. The van der Waals surface area contributed by atoms with E-state index in [4.69, 9.17) is 18.2 Å². The van der Waals surface area contributed by atoms with Gasteiger partial charge in [-0.3, -0.25) is 4.79 Å². The maximum absolute atomic E-state index is 11.8. The van der Waals surface area contributed by atoms with Crippen molar-refractivity contribution in [2.24, 2.45) is 16.7 Å². The third kappa shape index (κ3) is 5.68. The van der Waals surface area contributed by atoms with E-state index in [1.807, 2.05) is 13.8 Å². The Morgan fingerprint density at radius 3 is 1.75 bits per heavy atom. The standard InChI is InChI=1S/C10H16O4S.3H3N.H2O5S/c1-9(2)7-3-4-10(9,8(11)5-7)6-15(12,13)14;;;;1-5-6(2,3)4/h7H,3-6H2,1-2H3,(H,12,13,14);3*1H3;1H,(H,2,3,4). The minimum absolute atomic E-state index is 0. The third-order valence-corrected chi connectivity index (χ3v) is 5.66. The summed E-state index contributed by atoms with van der Waals surface area (Å²) in [7, 11) is -9.29. The lowest BCUT2D eigenvalue weighted by molar-refractivity contribution is -0.637. The van der Waals surface area contributed by atoms with Crippen molar-refractivity contribution in [3.63, 3.8) is 0 Å². The molecule has 0 aromatic heterocycles. The molecule has 2 aliphatic carbocycles. The lowest BCUT2D eigenvalue weighted by Gasteiger charge is -2.37. The average molecular weight is 397 g/mol. The van der Waals surface area contributed by atoms with Gasteiger partial charge in [-0.15, -0.1) is 0 Å². The predicted molar refractivity (Wildman–Crippen MR) is 81.9 cm³/mol. The third-order valence-electron chi connectivity index (χ3n) is 4.65. The Morgan fingerprint density at radius 2 is 1.54 bits per heavy atom. The molecule has 12 N–H and O–H groups in total. The van der Waals surface area contributed by atoms with Crippen LogP contribution in [0.1, 0.15) is 33.1 Å². The van der Waals surface area contributed by atoms with Gasteiger partial charge in [-0.2, -0.15) is 0 Å². The second-order valence-corrected chi connectivity index (χ2v) is 8.20. The van der Waals surface area contributed by atoms with Crippen molar-refractivity contribution in [2.75, 3.05) is 5.75 Å². The number of fused-ring (bicyclic) bond motifs is 2. The number of hydrogen-bond donors (Lipinski definition) is 3. The van der Waals surface area contributed by atoms with E-state index in [0.29, 0.717) is 12.8 Å². The summed E-state index contributed by atoms with van der Waals surface area (Å²) in [5.41, 5.74) is -1.22. The Bertz CT molecular complexity index is 632. The van der Waals surface area contributed by atoms with E-state index in [-0.39, 0.29) is 35.6 Å². The number of carbonyl (C=O) groups excluding carboxylic acids is 1. The van der Waals surface area contributed by atoms with Gasteiger partial charge >= 0.3 is 0 Å². The van der Waals surface area contributed by atoms with Crippen LogP contribution < -0.4 is 23.7 Å². The first-order valence-electron chi connectivity index (χ1n) is 5.99. The first-order valence-corrected chi connectivity index (χ1v) is 8.90. The average Bonchev–Trinajstić information content (AvgIpc) is 2.60. The number of hydrogen-bond acceptors (Lipinski definition) is 9. The van der Waals surface area contributed by atoms with Crippen molar-refractivity contribution in [1.82, 2.24) is 18.5 Å². The van der Waals surface area contributed by atoms with E-state index in [9.17, 15) is 17.8 Å². The minimum Gasteiger partial charge on any atom is -0.748 e. The van der Waals surface area contributed by atoms with Crippen molar-refractivity contribution in [1.29, 1.82) is 0 Å². The smallest absolute Gasteiger partial charge is 0.208 e. The van der Waals surface area contributed by atoms with Gasteiger partial charge in [0, 0.05) is 11.8 Å². The van der Waals surface area contributed by atoms with Gasteiger partial charge in [-0.05, 0) is 24.2 Å². The summed E-state index contributed by atoms with van der Waals surface area (Å²) in [6, 6.07) is 0. The topological polar surface area (TPSA) is 273 Å². The molecule has 0 heterocycles. The van der Waals surface area contributed by atoms with Crippen molar-refractivity contribution in [2.45, 2.75) is 33.1 Å². The van der Waals surface area contributed by atoms with E-state index in [1.54, 1.807) is 0 Å². The zero-order valence-corrected chi connectivity index (χ0v) is 16.0. The molecule has 2 atom stereocenters. The van der Waals surface area contributed by atoms with E-state index in [0.717, 1.165) is 6.42 Å². The molecule has 12 nitrogen and oxygen atoms in total. The highest BCUT2D eigenvalue weighted by molar-refractivity contribution is 7.85. The summed E-state index contributed by atoms with van der Waals surface area (Å²) in [5.74, 6) is -0.280. The Kier molecular flexibility index (Phi) is 10.1. The van der Waals surface area contributed by atoms with Gasteiger partial charge in [0.2, 0.25) is 10.4 Å². The van der Waals surface area contributed by atoms with Crippen LogP contribution in [0.2, 0.25) is 0 Å². The molecule has 24 heavy (non-hydrogen) atoms. The highest BCUT2D eigenvalue weighted by atomic mass is 32.3. The molecule has 2 unspecified atom stereocenters. The fraction of sp³-hybridized carbons (Fsp3) is 0.900. The van der Waals surface area contributed by atoms with Crippen LogP contribution in [0.4, 0.5) is 0 Å². The fourth-order valence-corrected chi connectivity index (χ4v) is 4.69. The molecule has 0 radical (unpaired) electrons. The predicted octanol–water partition coefficient (Wildman–Crippen LogP) is -0.206. The van der Waals surface area contributed by atoms with E-state index >= 15 is 0 Å². The molecule has 2 aliphatic rings. The van der Waals surface area contributed by atoms with Crippen LogP contribution >= 0.6 is 0 Å². The Morgan fingerprint density at radius 1 is 1.12 bits per heavy atom. The second-order valence-electron chi connectivity index (χ2n) is 5.84. The molecule has 148 valence electrons. The van der Waals surface area contributed by atoms with Crippen LogP contribution in [-0.2, 0) is 29.6 Å². The highest BCUT2D eigenvalue weighted by Crippen LogP contribution is 2.64. The van der Waals surface area contributed by atoms with E-state index in [2.05, 4.69) is 4.33 Å². The minimum atomic E-state index is -4.97. The van der Waals surface area contributed by atoms with Crippen LogP contribution in [0.3, 0.4) is 0 Å². The van der Waals surface area contributed by atoms with Crippen LogP contribution in [0.25, 0.3) is 0 Å². The number of rotatable bonds is 3. The van der Waals surface area contributed by atoms with Crippen molar-refractivity contribution in [3.8, 4) is 0 Å². The lowest BCUT2D eigenvalue weighted by Crippen LogP contribution is -2.42. The van der Waals surface area contributed by atoms with Gasteiger partial charge in [-0.25, -0.2) is 16.8 Å². The summed E-state index contributed by atoms with van der Waals surface area (Å²) < 4.78 is 61.5. The molecule has 2 fully saturated rings. The summed E-state index contributed by atoms with van der Waals surface area (Å²) in [6.45, 7) is 3.83. The molecule has 2 bridgehead atoms. The van der Waals surface area contributed by atoms with Crippen LogP contribution in [0.5, 0.6) is 0 Å². The van der Waals surface area contributed by atoms with Crippen molar-refractivity contribution < 1.29 is 40.3 Å². The van der Waals surface area contributed by atoms with Gasteiger partial charge in [0.25, 0.3) is 0 Å². The highest BCUT2D eigenvalue weighted by Gasteiger charge is 2.64. The summed E-state index contributed by atoms with van der Waals surface area (Å²) in [5, 5.41) is 8.55. The number of Topliss-reactive ketones (excluding diaryl/α,β-unsaturated/α-hetero) is 1. The summed E-state index contributed by atoms with van der Waals surface area (Å²) >= 11 is 0. The Balaban J connectivity index is -0.000000432. The zero-order valence-electron chi connectivity index (χ0n) is 14.4. The molecule has 0 aliphatic heterocycles. The first-order chi connectivity index (χ1) is 9.25. The van der Waals surface area contributed by atoms with E-state index < -0.39 is 31.7 Å². The van der Waals surface area contributed by atoms with Gasteiger partial charge in [-0.1, -0.05) is 13.8 Å². The van der Waals surface area contributed by atoms with Gasteiger partial charge < -0.3 is 37.1 Å². The quantitative estimate of drug-likeness (QED) is 0.245. The molecule has 0 aromatic rings. The zero-order chi connectivity index (χ0) is 16.7. The van der Waals surface area contributed by atoms with Crippen LogP contribution in [-0.4, -0.2) is 37.5 Å². The van der Waals surface area contributed by atoms with Gasteiger partial charge in [0.1, 0.15) is 5.78 Å². The normalized spacial score (nSPS) is 27.0. The molecule has 14 heteroatoms. The molecular formula is C10H27N3O9S2. The van der Waals surface area contributed by atoms with Gasteiger partial charge in [0.15, 0.2) is 0 Å².